The number of rotatable bonds is 4. The number of hydrogen-bond donors (Lipinski definition) is 1. The number of hydrogen-bond acceptors (Lipinski definition) is 4. The summed E-state index contributed by atoms with van der Waals surface area (Å²) >= 11 is 0. The maximum absolute atomic E-state index is 12.3. The number of carbonyl (C=O) groups is 1. The number of non-ortho nitro benzene ring substituents is 1. The fourth-order valence-corrected chi connectivity index (χ4v) is 2.00. The number of nitro groups is 1. The Kier molecular flexibility index (Phi) is 4.45. The van der Waals surface area contributed by atoms with Crippen molar-refractivity contribution in [2.45, 2.75) is 19.9 Å². The van der Waals surface area contributed by atoms with Crippen LogP contribution in [0.3, 0.4) is 0 Å². The standard InChI is InChI=1S/C15H17N3O4/c1-10-9-12(18(20)21)6-7-13(10)16-15(19)17(3)11(2)14-5-4-8-22-14/h4-9,11H,1-3H3,(H,16,19)/t11-/m0/s1. The molecule has 2 aromatic rings. The second-order valence-electron chi connectivity index (χ2n) is 4.99. The molecule has 0 saturated heterocycles. The number of aryl methyl sites for hydroxylation is 1. The van der Waals surface area contributed by atoms with Crippen LogP contribution in [0, 0.1) is 17.0 Å². The van der Waals surface area contributed by atoms with Crippen LogP contribution in [-0.2, 0) is 0 Å². The molecule has 1 aromatic carbocycles. The average Bonchev–Trinajstić information content (AvgIpc) is 3.01. The predicted octanol–water partition coefficient (Wildman–Crippen LogP) is 3.72. The largest absolute Gasteiger partial charge is 0.467 e. The van der Waals surface area contributed by atoms with Crippen molar-refractivity contribution in [2.24, 2.45) is 0 Å². The summed E-state index contributed by atoms with van der Waals surface area (Å²) in [6.07, 6.45) is 1.55. The van der Waals surface area contributed by atoms with Crippen molar-refractivity contribution in [1.82, 2.24) is 4.90 Å². The molecule has 7 heteroatoms. The molecule has 0 spiro atoms. The number of nitrogens with one attached hydrogen (secondary N) is 1. The van der Waals surface area contributed by atoms with Crippen molar-refractivity contribution in [1.29, 1.82) is 0 Å². The van der Waals surface area contributed by atoms with Crippen LogP contribution in [0.1, 0.15) is 24.3 Å². The fraction of sp³-hybridized carbons (Fsp3) is 0.267. The van der Waals surface area contributed by atoms with Gasteiger partial charge < -0.3 is 14.6 Å². The summed E-state index contributed by atoms with van der Waals surface area (Å²) < 4.78 is 5.29. The van der Waals surface area contributed by atoms with Crippen molar-refractivity contribution < 1.29 is 14.1 Å². The molecule has 0 bridgehead atoms. The van der Waals surface area contributed by atoms with E-state index in [0.717, 1.165) is 0 Å². The van der Waals surface area contributed by atoms with Gasteiger partial charge in [0.1, 0.15) is 5.76 Å². The Morgan fingerprint density at radius 2 is 2.14 bits per heavy atom. The molecule has 0 fully saturated rings. The summed E-state index contributed by atoms with van der Waals surface area (Å²) in [5, 5.41) is 13.5. The molecule has 7 nitrogen and oxygen atoms in total. The fourth-order valence-electron chi connectivity index (χ4n) is 2.00. The number of anilines is 1. The van der Waals surface area contributed by atoms with E-state index >= 15 is 0 Å². The van der Waals surface area contributed by atoms with Crippen LogP contribution in [0.15, 0.2) is 41.0 Å². The van der Waals surface area contributed by atoms with E-state index < -0.39 is 4.92 Å². The summed E-state index contributed by atoms with van der Waals surface area (Å²) in [6.45, 7) is 3.56. The smallest absolute Gasteiger partial charge is 0.322 e. The van der Waals surface area contributed by atoms with E-state index in [-0.39, 0.29) is 17.8 Å². The summed E-state index contributed by atoms with van der Waals surface area (Å²) in [5.41, 5.74) is 1.16. The van der Waals surface area contributed by atoms with Crippen molar-refractivity contribution >= 4 is 17.4 Å². The first kappa shape index (κ1) is 15.6. The third-order valence-corrected chi connectivity index (χ3v) is 3.52. The number of benzene rings is 1. The van der Waals surface area contributed by atoms with Gasteiger partial charge in [-0.2, -0.15) is 0 Å². The van der Waals surface area contributed by atoms with Crippen LogP contribution in [0.5, 0.6) is 0 Å². The highest BCUT2D eigenvalue weighted by molar-refractivity contribution is 5.90. The average molecular weight is 303 g/mol. The van der Waals surface area contributed by atoms with Gasteiger partial charge >= 0.3 is 6.03 Å². The zero-order valence-electron chi connectivity index (χ0n) is 12.6. The molecule has 22 heavy (non-hydrogen) atoms. The normalized spacial score (nSPS) is 11.8. The second kappa shape index (κ2) is 6.30. The lowest BCUT2D eigenvalue weighted by Gasteiger charge is -2.24. The second-order valence-corrected chi connectivity index (χ2v) is 4.99. The van der Waals surface area contributed by atoms with E-state index in [4.69, 9.17) is 4.42 Å². The Morgan fingerprint density at radius 1 is 1.41 bits per heavy atom. The molecule has 0 unspecified atom stereocenters. The molecule has 0 aliphatic heterocycles. The van der Waals surface area contributed by atoms with Crippen molar-refractivity contribution in [3.8, 4) is 0 Å². The van der Waals surface area contributed by atoms with Gasteiger partial charge in [0.15, 0.2) is 0 Å². The molecule has 1 aromatic heterocycles. The zero-order valence-corrected chi connectivity index (χ0v) is 12.6. The molecule has 116 valence electrons. The van der Waals surface area contributed by atoms with E-state index in [0.29, 0.717) is 17.0 Å². The quantitative estimate of drug-likeness (QED) is 0.688. The Bertz CT molecular complexity index is 682. The van der Waals surface area contributed by atoms with E-state index in [9.17, 15) is 14.9 Å². The molecule has 0 radical (unpaired) electrons. The number of carbonyl (C=O) groups excluding carboxylic acids is 1. The van der Waals surface area contributed by atoms with Gasteiger partial charge in [-0.15, -0.1) is 0 Å². The SMILES string of the molecule is Cc1cc([N+](=O)[O-])ccc1NC(=O)N(C)[C@@H](C)c1ccco1. The van der Waals surface area contributed by atoms with Crippen molar-refractivity contribution in [3.63, 3.8) is 0 Å². The highest BCUT2D eigenvalue weighted by Crippen LogP contribution is 2.23. The van der Waals surface area contributed by atoms with Crippen molar-refractivity contribution in [3.05, 3.63) is 58.0 Å². The van der Waals surface area contributed by atoms with Crippen LogP contribution < -0.4 is 5.32 Å². The molecule has 1 N–H and O–H groups in total. The monoisotopic (exact) mass is 303 g/mol. The Labute approximate surface area is 127 Å². The highest BCUT2D eigenvalue weighted by atomic mass is 16.6. The first-order valence-electron chi connectivity index (χ1n) is 6.72. The summed E-state index contributed by atoms with van der Waals surface area (Å²) in [5.74, 6) is 0.679. The Morgan fingerprint density at radius 3 is 2.68 bits per heavy atom. The zero-order chi connectivity index (χ0) is 16.3. The van der Waals surface area contributed by atoms with E-state index in [2.05, 4.69) is 5.32 Å². The van der Waals surface area contributed by atoms with E-state index in [1.54, 1.807) is 32.4 Å². The van der Waals surface area contributed by atoms with Crippen LogP contribution in [0.4, 0.5) is 16.2 Å². The van der Waals surface area contributed by atoms with Gasteiger partial charge in [0.05, 0.1) is 17.2 Å². The Balaban J connectivity index is 2.10. The lowest BCUT2D eigenvalue weighted by Crippen LogP contribution is -2.33. The minimum Gasteiger partial charge on any atom is -0.467 e. The van der Waals surface area contributed by atoms with Crippen LogP contribution >= 0.6 is 0 Å². The molecule has 0 aliphatic carbocycles. The molecular formula is C15H17N3O4. The predicted molar refractivity (Wildman–Crippen MR) is 81.7 cm³/mol. The van der Waals surface area contributed by atoms with Gasteiger partial charge in [-0.25, -0.2) is 4.79 Å². The van der Waals surface area contributed by atoms with Gasteiger partial charge in [0.2, 0.25) is 0 Å². The lowest BCUT2D eigenvalue weighted by molar-refractivity contribution is -0.384. The maximum atomic E-state index is 12.3. The van der Waals surface area contributed by atoms with E-state index in [1.165, 1.54) is 23.1 Å². The minimum absolute atomic E-state index is 0.00666. The number of furan rings is 1. The minimum atomic E-state index is -0.469. The first-order chi connectivity index (χ1) is 10.4. The number of urea groups is 1. The van der Waals surface area contributed by atoms with Gasteiger partial charge in [-0.1, -0.05) is 0 Å². The lowest BCUT2D eigenvalue weighted by atomic mass is 10.2. The van der Waals surface area contributed by atoms with Crippen molar-refractivity contribution in [2.75, 3.05) is 12.4 Å². The number of nitrogens with zero attached hydrogens (tertiary/aromatic N) is 2. The van der Waals surface area contributed by atoms with Crippen LogP contribution in [-0.4, -0.2) is 22.9 Å². The van der Waals surface area contributed by atoms with Gasteiger partial charge in [-0.3, -0.25) is 10.1 Å². The molecule has 2 rings (SSSR count). The number of nitro benzene ring substituents is 1. The molecule has 0 aliphatic rings. The van der Waals surface area contributed by atoms with Gasteiger partial charge in [0.25, 0.3) is 5.69 Å². The van der Waals surface area contributed by atoms with Crippen LogP contribution in [0.25, 0.3) is 0 Å². The topological polar surface area (TPSA) is 88.6 Å². The first-order valence-corrected chi connectivity index (χ1v) is 6.72. The molecule has 1 atom stereocenters. The maximum Gasteiger partial charge on any atom is 0.322 e. The molecule has 0 saturated carbocycles. The third-order valence-electron chi connectivity index (χ3n) is 3.52. The summed E-state index contributed by atoms with van der Waals surface area (Å²) in [4.78, 5) is 24.0. The number of amides is 2. The van der Waals surface area contributed by atoms with Crippen LogP contribution in [0.2, 0.25) is 0 Å². The summed E-state index contributed by atoms with van der Waals surface area (Å²) in [7, 11) is 1.66. The molecular weight excluding hydrogens is 286 g/mol. The third kappa shape index (κ3) is 3.25. The van der Waals surface area contributed by atoms with Gasteiger partial charge in [0, 0.05) is 24.9 Å². The molecule has 2 amide bonds. The highest BCUT2D eigenvalue weighted by Gasteiger charge is 2.20. The summed E-state index contributed by atoms with van der Waals surface area (Å²) in [6, 6.07) is 7.32. The molecule has 1 heterocycles. The Hall–Kier alpha value is -2.83. The van der Waals surface area contributed by atoms with Gasteiger partial charge in [-0.05, 0) is 37.6 Å². The van der Waals surface area contributed by atoms with E-state index in [1.807, 2.05) is 6.92 Å².